The van der Waals surface area contributed by atoms with Crippen LogP contribution in [0.1, 0.15) is 41.2 Å². The van der Waals surface area contributed by atoms with E-state index in [0.717, 1.165) is 17.0 Å². The Hall–Kier alpha value is -4.97. The minimum Gasteiger partial charge on any atom is -0.494 e. The lowest BCUT2D eigenvalue weighted by atomic mass is 9.99. The molecule has 12 nitrogen and oxygen atoms in total. The molecule has 40 heavy (non-hydrogen) atoms. The fourth-order valence-corrected chi connectivity index (χ4v) is 4.91. The molecule has 0 bridgehead atoms. The van der Waals surface area contributed by atoms with Gasteiger partial charge in [-0.2, -0.15) is 5.10 Å². The van der Waals surface area contributed by atoms with Crippen molar-refractivity contribution in [2.75, 3.05) is 13.7 Å². The van der Waals surface area contributed by atoms with Crippen molar-refractivity contribution >= 4 is 22.6 Å². The molecule has 1 amide bonds. The number of hydrogen-bond donors (Lipinski definition) is 3. The SMILES string of the molecule is COc1cnc(-c2cc(C(C)(C)O)[nH]n2)c2[nH]cc(C(=O)C(=O)N3CCc4c(ncnc4-c4ccccn4)C3)c12. The van der Waals surface area contributed by atoms with Crippen molar-refractivity contribution in [3.8, 4) is 28.5 Å². The van der Waals surface area contributed by atoms with Crippen LogP contribution in [0.25, 0.3) is 33.7 Å². The van der Waals surface area contributed by atoms with Crippen LogP contribution in [0.5, 0.6) is 5.75 Å². The van der Waals surface area contributed by atoms with Gasteiger partial charge >= 0.3 is 0 Å². The molecule has 3 N–H and O–H groups in total. The molecule has 202 valence electrons. The van der Waals surface area contributed by atoms with Gasteiger partial charge < -0.3 is 19.7 Å². The molecule has 0 saturated carbocycles. The summed E-state index contributed by atoms with van der Waals surface area (Å²) in [5.74, 6) is -0.983. The Morgan fingerprint density at radius 2 is 1.95 bits per heavy atom. The molecular weight excluding hydrogens is 512 g/mol. The van der Waals surface area contributed by atoms with E-state index >= 15 is 0 Å². The molecule has 6 rings (SSSR count). The number of ketones is 1. The van der Waals surface area contributed by atoms with E-state index < -0.39 is 17.3 Å². The molecule has 0 atom stereocenters. The first-order valence-electron chi connectivity index (χ1n) is 12.7. The molecule has 0 spiro atoms. The van der Waals surface area contributed by atoms with Crippen LogP contribution in [-0.2, 0) is 23.4 Å². The fourth-order valence-electron chi connectivity index (χ4n) is 4.91. The zero-order chi connectivity index (χ0) is 28.0. The number of carbonyl (C=O) groups is 2. The molecule has 1 aliphatic heterocycles. The first kappa shape index (κ1) is 25.3. The number of ether oxygens (including phenoxy) is 1. The number of methoxy groups -OCH3 is 1. The average molecular weight is 539 g/mol. The third kappa shape index (κ3) is 4.28. The first-order valence-corrected chi connectivity index (χ1v) is 12.7. The maximum absolute atomic E-state index is 13.6. The van der Waals surface area contributed by atoms with Gasteiger partial charge in [0.2, 0.25) is 0 Å². The van der Waals surface area contributed by atoms with Crippen LogP contribution in [0.3, 0.4) is 0 Å². The number of fused-ring (bicyclic) bond motifs is 2. The normalized spacial score (nSPS) is 13.3. The largest absolute Gasteiger partial charge is 0.494 e. The Labute approximate surface area is 228 Å². The highest BCUT2D eigenvalue weighted by Crippen LogP contribution is 2.35. The first-order chi connectivity index (χ1) is 19.3. The number of Topliss-reactive ketones (excluding diaryl/α,β-unsaturated/α-hetero) is 1. The van der Waals surface area contributed by atoms with E-state index in [4.69, 9.17) is 4.74 Å². The zero-order valence-electron chi connectivity index (χ0n) is 22.1. The Balaban J connectivity index is 1.32. The molecule has 0 aliphatic carbocycles. The van der Waals surface area contributed by atoms with E-state index in [-0.39, 0.29) is 12.1 Å². The predicted octanol–water partition coefficient (Wildman–Crippen LogP) is 2.81. The summed E-state index contributed by atoms with van der Waals surface area (Å²) in [5.41, 5.74) is 4.02. The molecule has 0 saturated heterocycles. The predicted molar refractivity (Wildman–Crippen MR) is 144 cm³/mol. The number of nitrogens with one attached hydrogen (secondary N) is 2. The smallest absolute Gasteiger partial charge is 0.295 e. The third-order valence-electron chi connectivity index (χ3n) is 7.01. The van der Waals surface area contributed by atoms with Gasteiger partial charge in [0.05, 0.1) is 59.1 Å². The number of carbonyl (C=O) groups excluding carboxylic acids is 2. The van der Waals surface area contributed by atoms with E-state index in [1.807, 2.05) is 18.2 Å². The van der Waals surface area contributed by atoms with E-state index in [1.165, 1.54) is 30.7 Å². The Kier molecular flexibility index (Phi) is 6.11. The van der Waals surface area contributed by atoms with Crippen molar-refractivity contribution in [1.82, 2.24) is 40.0 Å². The van der Waals surface area contributed by atoms with Crippen molar-refractivity contribution < 1.29 is 19.4 Å². The van der Waals surface area contributed by atoms with E-state index in [1.54, 1.807) is 26.1 Å². The molecule has 6 heterocycles. The van der Waals surface area contributed by atoms with E-state index in [2.05, 4.69) is 35.1 Å². The maximum atomic E-state index is 13.6. The number of hydrogen-bond acceptors (Lipinski definition) is 9. The van der Waals surface area contributed by atoms with Gasteiger partial charge in [-0.1, -0.05) is 6.07 Å². The van der Waals surface area contributed by atoms with Gasteiger partial charge in [-0.05, 0) is 38.5 Å². The Morgan fingerprint density at radius 3 is 2.67 bits per heavy atom. The highest BCUT2D eigenvalue weighted by Gasteiger charge is 2.32. The summed E-state index contributed by atoms with van der Waals surface area (Å²) in [6, 6.07) is 7.30. The van der Waals surface area contributed by atoms with Gasteiger partial charge in [-0.25, -0.2) is 15.0 Å². The van der Waals surface area contributed by atoms with Crippen LogP contribution in [0.15, 0.2) is 49.2 Å². The van der Waals surface area contributed by atoms with Gasteiger partial charge in [0.25, 0.3) is 11.7 Å². The minimum atomic E-state index is -1.13. The monoisotopic (exact) mass is 538 g/mol. The summed E-state index contributed by atoms with van der Waals surface area (Å²) in [5, 5.41) is 17.9. The van der Waals surface area contributed by atoms with Gasteiger partial charge in [-0.15, -0.1) is 0 Å². The van der Waals surface area contributed by atoms with E-state index in [0.29, 0.717) is 52.4 Å². The van der Waals surface area contributed by atoms with Crippen LogP contribution >= 0.6 is 0 Å². The van der Waals surface area contributed by atoms with Gasteiger partial charge in [0, 0.05) is 24.5 Å². The van der Waals surface area contributed by atoms with Gasteiger partial charge in [0.1, 0.15) is 29.1 Å². The number of pyridine rings is 2. The lowest BCUT2D eigenvalue weighted by Crippen LogP contribution is -2.40. The number of aromatic amines is 2. The van der Waals surface area contributed by atoms with Crippen molar-refractivity contribution in [3.05, 3.63) is 71.7 Å². The van der Waals surface area contributed by atoms with E-state index in [9.17, 15) is 14.7 Å². The lowest BCUT2D eigenvalue weighted by molar-refractivity contribution is -0.127. The summed E-state index contributed by atoms with van der Waals surface area (Å²) in [6.07, 6.45) is 6.63. The molecule has 0 fully saturated rings. The number of nitrogens with zero attached hydrogens (tertiary/aromatic N) is 6. The standard InChI is InChI=1S/C28H26N8O4/c1-28(2,39)21-10-18(34-35-21)24-25-22(20(40-3)12-31-24)16(11-30-25)26(37)27(38)36-9-7-15-19(13-36)32-14-33-23(15)17-6-4-5-8-29-17/h4-6,8,10-12,14,30,39H,7,9,13H2,1-3H3,(H,34,35). The van der Waals surface area contributed by atoms with Crippen LogP contribution in [0.2, 0.25) is 0 Å². The molecule has 1 aliphatic rings. The summed E-state index contributed by atoms with van der Waals surface area (Å²) >= 11 is 0. The van der Waals surface area contributed by atoms with Crippen LogP contribution in [-0.4, -0.2) is 70.5 Å². The summed E-state index contributed by atoms with van der Waals surface area (Å²) in [7, 11) is 1.47. The third-order valence-corrected chi connectivity index (χ3v) is 7.01. The van der Waals surface area contributed by atoms with Crippen molar-refractivity contribution in [2.45, 2.75) is 32.4 Å². The Bertz CT molecular complexity index is 1750. The average Bonchev–Trinajstić information content (AvgIpc) is 3.64. The van der Waals surface area contributed by atoms with Crippen molar-refractivity contribution in [2.24, 2.45) is 0 Å². The minimum absolute atomic E-state index is 0.168. The molecule has 12 heteroatoms. The molecule has 0 aromatic carbocycles. The van der Waals surface area contributed by atoms with Crippen molar-refractivity contribution in [1.29, 1.82) is 0 Å². The second-order valence-corrected chi connectivity index (χ2v) is 10.0. The quantitative estimate of drug-likeness (QED) is 0.218. The number of amides is 1. The van der Waals surface area contributed by atoms with Crippen LogP contribution in [0, 0.1) is 0 Å². The second kappa shape index (κ2) is 9.65. The summed E-state index contributed by atoms with van der Waals surface area (Å²) < 4.78 is 5.50. The highest BCUT2D eigenvalue weighted by atomic mass is 16.5. The number of rotatable bonds is 6. The number of aliphatic hydroxyl groups is 1. The molecular formula is C28H26N8O4. The Morgan fingerprint density at radius 1 is 1.10 bits per heavy atom. The van der Waals surface area contributed by atoms with Crippen LogP contribution < -0.4 is 4.74 Å². The highest BCUT2D eigenvalue weighted by molar-refractivity contribution is 6.45. The molecule has 0 radical (unpaired) electrons. The lowest BCUT2D eigenvalue weighted by Gasteiger charge is -2.28. The van der Waals surface area contributed by atoms with Crippen molar-refractivity contribution in [3.63, 3.8) is 0 Å². The van der Waals surface area contributed by atoms with Gasteiger partial charge in [-0.3, -0.25) is 19.7 Å². The number of aromatic nitrogens is 7. The topological polar surface area (TPSA) is 163 Å². The van der Waals surface area contributed by atoms with Gasteiger partial charge in [0.15, 0.2) is 0 Å². The zero-order valence-corrected chi connectivity index (χ0v) is 22.1. The maximum Gasteiger partial charge on any atom is 0.295 e. The van der Waals surface area contributed by atoms with Crippen LogP contribution in [0.4, 0.5) is 0 Å². The molecule has 5 aromatic heterocycles. The molecule has 0 unspecified atom stereocenters. The second-order valence-electron chi connectivity index (χ2n) is 10.0. The summed E-state index contributed by atoms with van der Waals surface area (Å²) in [6.45, 7) is 3.80. The fraction of sp³-hybridized carbons (Fsp3) is 0.250. The molecule has 5 aromatic rings. The number of H-pyrrole nitrogens is 2. The summed E-state index contributed by atoms with van der Waals surface area (Å²) in [4.78, 5) is 49.3.